The van der Waals surface area contributed by atoms with Gasteiger partial charge < -0.3 is 10.8 Å². The van der Waals surface area contributed by atoms with E-state index in [1.807, 2.05) is 43.4 Å². The van der Waals surface area contributed by atoms with Crippen LogP contribution in [0.15, 0.2) is 94.6 Å². The Kier molecular flexibility index (Phi) is 9.22. The molecule has 8 heteroatoms. The SMILES string of the molecule is CC/C=C(/C=C\C(=C/N)C1=C/C=c2/ncc3ccc(=O)n(-c4cccc(CC(F)(F)F)c4)c3c2=CCCC/1)CO. The Labute approximate surface area is 230 Å². The molecule has 0 atom stereocenters. The van der Waals surface area contributed by atoms with Crippen LogP contribution in [0.2, 0.25) is 0 Å². The molecule has 2 heterocycles. The van der Waals surface area contributed by atoms with Crippen molar-refractivity contribution in [2.75, 3.05) is 6.61 Å². The summed E-state index contributed by atoms with van der Waals surface area (Å²) in [5.41, 5.74) is 9.32. The average Bonchev–Trinajstić information content (AvgIpc) is 3.02. The van der Waals surface area contributed by atoms with Gasteiger partial charge in [0.15, 0.2) is 0 Å². The maximum absolute atomic E-state index is 13.1. The summed E-state index contributed by atoms with van der Waals surface area (Å²) in [5, 5.41) is 11.7. The fourth-order valence-electron chi connectivity index (χ4n) is 4.85. The van der Waals surface area contributed by atoms with Gasteiger partial charge in [-0.05, 0) is 72.2 Å². The Hall–Kier alpha value is -4.17. The van der Waals surface area contributed by atoms with Gasteiger partial charge in [-0.1, -0.05) is 49.4 Å². The van der Waals surface area contributed by atoms with Crippen molar-refractivity contribution in [1.82, 2.24) is 9.55 Å². The number of halogens is 3. The van der Waals surface area contributed by atoms with Crippen molar-refractivity contribution in [3.8, 4) is 5.69 Å². The van der Waals surface area contributed by atoms with Crippen LogP contribution in [0.25, 0.3) is 28.7 Å². The van der Waals surface area contributed by atoms with E-state index in [-0.39, 0.29) is 17.7 Å². The van der Waals surface area contributed by atoms with Gasteiger partial charge in [-0.15, -0.1) is 0 Å². The molecule has 4 rings (SSSR count). The number of hydrogen-bond donors (Lipinski definition) is 2. The molecule has 1 aromatic carbocycles. The van der Waals surface area contributed by atoms with E-state index in [9.17, 15) is 23.1 Å². The second kappa shape index (κ2) is 12.8. The van der Waals surface area contributed by atoms with Gasteiger partial charge in [-0.3, -0.25) is 14.3 Å². The molecule has 0 fully saturated rings. The third-order valence-electron chi connectivity index (χ3n) is 6.69. The van der Waals surface area contributed by atoms with Crippen LogP contribution in [0.3, 0.4) is 0 Å². The predicted octanol–water partition coefficient (Wildman–Crippen LogP) is 4.89. The minimum atomic E-state index is -4.36. The highest BCUT2D eigenvalue weighted by Gasteiger charge is 2.27. The summed E-state index contributed by atoms with van der Waals surface area (Å²) in [4.78, 5) is 17.8. The molecule has 3 aromatic rings. The van der Waals surface area contributed by atoms with E-state index in [1.165, 1.54) is 28.8 Å². The summed E-state index contributed by atoms with van der Waals surface area (Å²) in [6, 6.07) is 9.09. The molecule has 0 amide bonds. The van der Waals surface area contributed by atoms with Gasteiger partial charge in [-0.25, -0.2) is 0 Å². The number of fused-ring (bicyclic) bond motifs is 3. The number of alkyl halides is 3. The molecule has 0 bridgehead atoms. The lowest BCUT2D eigenvalue weighted by Gasteiger charge is -2.13. The van der Waals surface area contributed by atoms with Gasteiger partial charge in [-0.2, -0.15) is 13.2 Å². The minimum absolute atomic E-state index is 0.0620. The van der Waals surface area contributed by atoms with Crippen LogP contribution < -0.4 is 21.9 Å². The molecular weight excluding hydrogens is 515 g/mol. The maximum Gasteiger partial charge on any atom is 0.393 e. The van der Waals surface area contributed by atoms with E-state index in [0.717, 1.165) is 41.2 Å². The molecule has 0 aliphatic heterocycles. The molecule has 0 unspecified atom stereocenters. The van der Waals surface area contributed by atoms with Gasteiger partial charge in [0, 0.05) is 34.8 Å². The third-order valence-corrected chi connectivity index (χ3v) is 6.69. The van der Waals surface area contributed by atoms with E-state index in [4.69, 9.17) is 5.73 Å². The van der Waals surface area contributed by atoms with Crippen LogP contribution in [-0.2, 0) is 6.42 Å². The van der Waals surface area contributed by atoms with Crippen LogP contribution in [0.5, 0.6) is 0 Å². The summed E-state index contributed by atoms with van der Waals surface area (Å²) >= 11 is 0. The smallest absolute Gasteiger partial charge is 0.393 e. The van der Waals surface area contributed by atoms with Crippen molar-refractivity contribution >= 4 is 23.1 Å². The molecule has 0 radical (unpaired) electrons. The Morgan fingerprint density at radius 3 is 2.73 bits per heavy atom. The van der Waals surface area contributed by atoms with E-state index < -0.39 is 12.6 Å². The Balaban J connectivity index is 1.89. The number of aliphatic hydroxyl groups is 1. The molecular formula is C32H32F3N3O2. The average molecular weight is 548 g/mol. The number of hydrogen-bond acceptors (Lipinski definition) is 4. The molecule has 0 saturated heterocycles. The van der Waals surface area contributed by atoms with Crippen LogP contribution >= 0.6 is 0 Å². The highest BCUT2D eigenvalue weighted by Crippen LogP contribution is 2.23. The first-order valence-electron chi connectivity index (χ1n) is 13.2. The summed E-state index contributed by atoms with van der Waals surface area (Å²) in [6.07, 6.45) is 12.4. The lowest BCUT2D eigenvalue weighted by molar-refractivity contribution is -0.127. The number of benzene rings is 1. The number of aliphatic hydroxyl groups excluding tert-OH is 1. The first kappa shape index (κ1) is 28.8. The molecule has 0 saturated carbocycles. The van der Waals surface area contributed by atoms with Gasteiger partial charge in [0.2, 0.25) is 0 Å². The number of nitrogens with two attached hydrogens (primary N) is 1. The number of nitrogens with zero attached hydrogens (tertiary/aromatic N) is 2. The highest BCUT2D eigenvalue weighted by atomic mass is 19.4. The lowest BCUT2D eigenvalue weighted by atomic mass is 9.99. The van der Waals surface area contributed by atoms with Crippen molar-refractivity contribution in [1.29, 1.82) is 0 Å². The van der Waals surface area contributed by atoms with Gasteiger partial charge in [0.1, 0.15) is 0 Å². The zero-order chi connectivity index (χ0) is 28.7. The summed E-state index contributed by atoms with van der Waals surface area (Å²) in [6.45, 7) is 1.94. The molecule has 40 heavy (non-hydrogen) atoms. The number of pyridine rings is 2. The topological polar surface area (TPSA) is 81.1 Å². The van der Waals surface area contributed by atoms with Gasteiger partial charge >= 0.3 is 6.18 Å². The molecule has 5 nitrogen and oxygen atoms in total. The first-order chi connectivity index (χ1) is 19.2. The van der Waals surface area contributed by atoms with Crippen molar-refractivity contribution in [2.24, 2.45) is 5.73 Å². The Morgan fingerprint density at radius 2 is 2.00 bits per heavy atom. The second-order valence-electron chi connectivity index (χ2n) is 9.59. The van der Waals surface area contributed by atoms with Crippen LogP contribution in [0, 0.1) is 0 Å². The molecule has 1 aliphatic rings. The zero-order valence-electron chi connectivity index (χ0n) is 22.3. The fourth-order valence-corrected chi connectivity index (χ4v) is 4.85. The number of aromatic nitrogens is 2. The minimum Gasteiger partial charge on any atom is -0.404 e. The molecule has 2 aromatic heterocycles. The van der Waals surface area contributed by atoms with Gasteiger partial charge in [0.05, 0.1) is 23.9 Å². The van der Waals surface area contributed by atoms with Crippen LogP contribution in [-0.4, -0.2) is 27.4 Å². The van der Waals surface area contributed by atoms with E-state index >= 15 is 0 Å². The lowest BCUT2D eigenvalue weighted by Crippen LogP contribution is -2.33. The first-order valence-corrected chi connectivity index (χ1v) is 13.2. The summed E-state index contributed by atoms with van der Waals surface area (Å²) in [5.74, 6) is 0. The normalized spacial score (nSPS) is 17.2. The van der Waals surface area contributed by atoms with Gasteiger partial charge in [0.25, 0.3) is 5.56 Å². The Morgan fingerprint density at radius 1 is 1.18 bits per heavy atom. The highest BCUT2D eigenvalue weighted by molar-refractivity contribution is 5.81. The summed E-state index contributed by atoms with van der Waals surface area (Å²) < 4.78 is 40.7. The molecule has 1 aliphatic carbocycles. The van der Waals surface area contributed by atoms with E-state index in [0.29, 0.717) is 28.4 Å². The van der Waals surface area contributed by atoms with E-state index in [2.05, 4.69) is 4.98 Å². The van der Waals surface area contributed by atoms with Crippen LogP contribution in [0.4, 0.5) is 13.2 Å². The van der Waals surface area contributed by atoms with Crippen molar-refractivity contribution in [3.05, 3.63) is 116 Å². The molecule has 208 valence electrons. The quantitative estimate of drug-likeness (QED) is 0.413. The summed E-state index contributed by atoms with van der Waals surface area (Å²) in [7, 11) is 0. The van der Waals surface area contributed by atoms with Crippen molar-refractivity contribution in [3.63, 3.8) is 0 Å². The van der Waals surface area contributed by atoms with Crippen molar-refractivity contribution < 1.29 is 18.3 Å². The predicted molar refractivity (Wildman–Crippen MR) is 154 cm³/mol. The standard InChI is InChI=1S/C32H32F3N3O2/c1-2-6-22(21-39)11-12-25(19-36)24-8-3-4-10-28-29(15-13-24)37-20-26-14-16-30(40)38(31(26)28)27-9-5-7-23(17-27)18-32(33,34)35/h5-7,9-17,19-20,39H,2-4,8,18,21,36H2,1H3/b12-11-,22-6-,24-13-,25-19+,28-10?,29-15+. The van der Waals surface area contributed by atoms with E-state index in [1.54, 1.807) is 24.5 Å². The van der Waals surface area contributed by atoms with Crippen molar-refractivity contribution in [2.45, 2.75) is 45.2 Å². The molecule has 0 spiro atoms. The number of allylic oxidation sites excluding steroid dienone is 5. The zero-order valence-corrected chi connectivity index (χ0v) is 22.3. The maximum atomic E-state index is 13.1. The largest absolute Gasteiger partial charge is 0.404 e. The Bertz CT molecular complexity index is 1690. The monoisotopic (exact) mass is 547 g/mol. The fraction of sp³-hybridized carbons (Fsp3) is 0.250. The second-order valence-corrected chi connectivity index (χ2v) is 9.59. The third kappa shape index (κ3) is 6.87. The number of rotatable bonds is 7. The van der Waals surface area contributed by atoms with Crippen LogP contribution in [0.1, 0.15) is 38.2 Å². The molecule has 3 N–H and O–H groups in total.